The van der Waals surface area contributed by atoms with Crippen LogP contribution in [0.4, 0.5) is 5.82 Å². The second kappa shape index (κ2) is 9.64. The number of unbranched alkanes of at least 4 members (excludes halogenated alkanes) is 3. The Morgan fingerprint density at radius 2 is 2.11 bits per heavy atom. The van der Waals surface area contributed by atoms with Crippen LogP contribution in [-0.2, 0) is 18.6 Å². The number of hydrogen-bond donors (Lipinski definition) is 3. The average Bonchev–Trinajstić information content (AvgIpc) is 3.24. The van der Waals surface area contributed by atoms with E-state index in [0.29, 0.717) is 17.8 Å². The zero-order chi connectivity index (χ0) is 20.1. The molecule has 1 aliphatic heterocycles. The molecule has 5 atom stereocenters. The molecule has 1 saturated heterocycles. The van der Waals surface area contributed by atoms with Gasteiger partial charge in [0.15, 0.2) is 23.8 Å². The third kappa shape index (κ3) is 4.45. The Kier molecular flexibility index (Phi) is 7.22. The van der Waals surface area contributed by atoms with Gasteiger partial charge in [0.25, 0.3) is 0 Å². The number of nitrogen functional groups attached to an aromatic ring is 1. The van der Waals surface area contributed by atoms with E-state index in [4.69, 9.17) is 19.7 Å². The minimum absolute atomic E-state index is 0.226. The van der Waals surface area contributed by atoms with Crippen LogP contribution in [-0.4, -0.2) is 61.0 Å². The minimum Gasteiger partial charge on any atom is -0.394 e. The highest BCUT2D eigenvalue weighted by molar-refractivity contribution is 7.32. The van der Waals surface area contributed by atoms with Gasteiger partial charge in [-0.2, -0.15) is 0 Å². The maximum Gasteiger partial charge on any atom is 0.695 e. The van der Waals surface area contributed by atoms with E-state index in [1.165, 1.54) is 12.7 Å². The molecule has 154 valence electrons. The van der Waals surface area contributed by atoms with Crippen LogP contribution in [0.25, 0.3) is 11.2 Å². The quantitative estimate of drug-likeness (QED) is 0.383. The van der Waals surface area contributed by atoms with Crippen molar-refractivity contribution in [2.45, 2.75) is 57.1 Å². The fourth-order valence-electron chi connectivity index (χ4n) is 3.29. The topological polar surface area (TPSA) is 155 Å². The van der Waals surface area contributed by atoms with Crippen molar-refractivity contribution in [3.63, 3.8) is 0 Å². The number of rotatable bonds is 10. The molecule has 0 saturated carbocycles. The predicted molar refractivity (Wildman–Crippen MR) is 99.3 cm³/mol. The normalized spacial score (nSPS) is 25.5. The first-order valence-electron chi connectivity index (χ1n) is 9.20. The van der Waals surface area contributed by atoms with Crippen molar-refractivity contribution >= 4 is 25.2 Å². The number of imidazole rings is 1. The van der Waals surface area contributed by atoms with Crippen LogP contribution in [0.2, 0.25) is 0 Å². The summed E-state index contributed by atoms with van der Waals surface area (Å²) < 4.78 is 29.9. The maximum absolute atomic E-state index is 11.3. The van der Waals surface area contributed by atoms with Gasteiger partial charge in [0.2, 0.25) is 0 Å². The van der Waals surface area contributed by atoms with E-state index in [1.54, 1.807) is 4.57 Å². The molecule has 0 bridgehead atoms. The molecule has 12 heteroatoms. The molecule has 1 aliphatic rings. The highest BCUT2D eigenvalue weighted by Crippen LogP contribution is 2.38. The van der Waals surface area contributed by atoms with Gasteiger partial charge < -0.3 is 20.3 Å². The van der Waals surface area contributed by atoms with Crippen molar-refractivity contribution in [2.24, 2.45) is 0 Å². The van der Waals surface area contributed by atoms with Crippen LogP contribution >= 0.6 is 8.25 Å². The van der Waals surface area contributed by atoms with Crippen molar-refractivity contribution in [3.05, 3.63) is 12.7 Å². The molecule has 28 heavy (non-hydrogen) atoms. The number of anilines is 1. The molecule has 3 rings (SSSR count). The number of nitrogens with zero attached hydrogens (tertiary/aromatic N) is 4. The van der Waals surface area contributed by atoms with Crippen molar-refractivity contribution < 1.29 is 28.6 Å². The SMILES string of the molecule is CCCCCCOC1[C@@H](O[P+](=O)O)[C@@H](CO)O[C@H]1n1cnc2c(N)ncnc21. The van der Waals surface area contributed by atoms with Gasteiger partial charge in [-0.25, -0.2) is 15.0 Å². The van der Waals surface area contributed by atoms with E-state index < -0.39 is 39.4 Å². The van der Waals surface area contributed by atoms with Gasteiger partial charge in [0.1, 0.15) is 24.1 Å². The first-order chi connectivity index (χ1) is 13.6. The summed E-state index contributed by atoms with van der Waals surface area (Å²) in [6, 6.07) is 0. The summed E-state index contributed by atoms with van der Waals surface area (Å²) in [7, 11) is -2.90. The van der Waals surface area contributed by atoms with Crippen molar-refractivity contribution in [3.8, 4) is 0 Å². The zero-order valence-corrected chi connectivity index (χ0v) is 16.4. The second-order valence-corrected chi connectivity index (χ2v) is 7.22. The largest absolute Gasteiger partial charge is 0.695 e. The standard InChI is InChI=1S/C16H24N5O6P/c1-2-3-4-5-6-25-13-12(27-28(23)24)10(7-22)26-16(13)21-9-20-11-14(17)18-8-19-15(11)21/h8-10,12-13,16,22H,2-7H2,1H3,(H2-,17,18,19,23,24)/p+1/t10-,12+,13?,16-/m1/s1. The van der Waals surface area contributed by atoms with Crippen molar-refractivity contribution in [2.75, 3.05) is 18.9 Å². The highest BCUT2D eigenvalue weighted by atomic mass is 31.1. The summed E-state index contributed by atoms with van der Waals surface area (Å²) in [4.78, 5) is 21.6. The molecular weight excluding hydrogens is 389 g/mol. The molecule has 2 aromatic rings. The number of hydrogen-bond acceptors (Lipinski definition) is 9. The second-order valence-electron chi connectivity index (χ2n) is 6.53. The molecule has 2 aromatic heterocycles. The number of aliphatic hydroxyl groups is 1. The Hall–Kier alpha value is -1.75. The lowest BCUT2D eigenvalue weighted by Crippen LogP contribution is -2.37. The highest BCUT2D eigenvalue weighted by Gasteiger charge is 2.51. The number of aliphatic hydroxyl groups excluding tert-OH is 1. The Labute approximate surface area is 162 Å². The van der Waals surface area contributed by atoms with Crippen LogP contribution in [0, 0.1) is 0 Å². The molecule has 11 nitrogen and oxygen atoms in total. The fourth-order valence-corrected chi connectivity index (χ4v) is 3.76. The summed E-state index contributed by atoms with van der Waals surface area (Å²) in [5.74, 6) is 0.226. The van der Waals surface area contributed by atoms with Gasteiger partial charge in [-0.05, 0) is 6.42 Å². The Balaban J connectivity index is 1.87. The minimum atomic E-state index is -2.90. The van der Waals surface area contributed by atoms with E-state index >= 15 is 0 Å². The van der Waals surface area contributed by atoms with Crippen molar-refractivity contribution in [1.29, 1.82) is 0 Å². The van der Waals surface area contributed by atoms with E-state index in [9.17, 15) is 14.6 Å². The molecule has 2 unspecified atom stereocenters. The van der Waals surface area contributed by atoms with E-state index in [-0.39, 0.29) is 5.82 Å². The summed E-state index contributed by atoms with van der Waals surface area (Å²) >= 11 is 0. The van der Waals surface area contributed by atoms with Crippen LogP contribution in [0.5, 0.6) is 0 Å². The third-order valence-electron chi connectivity index (χ3n) is 4.65. The lowest BCUT2D eigenvalue weighted by atomic mass is 10.1. The number of nitrogens with two attached hydrogens (primary N) is 1. The molecular formula is C16H25N5O6P+. The Morgan fingerprint density at radius 1 is 1.29 bits per heavy atom. The maximum atomic E-state index is 11.3. The molecule has 0 aliphatic carbocycles. The molecule has 0 radical (unpaired) electrons. The molecule has 0 spiro atoms. The molecule has 1 fully saturated rings. The van der Waals surface area contributed by atoms with Gasteiger partial charge in [-0.15, -0.1) is 9.42 Å². The number of ether oxygens (including phenoxy) is 2. The van der Waals surface area contributed by atoms with Gasteiger partial charge in [0.05, 0.1) is 12.9 Å². The van der Waals surface area contributed by atoms with E-state index in [0.717, 1.165) is 25.7 Å². The van der Waals surface area contributed by atoms with Gasteiger partial charge in [0, 0.05) is 11.2 Å². The first kappa shape index (κ1) is 21.0. The summed E-state index contributed by atoms with van der Waals surface area (Å²) in [6.45, 7) is 2.14. The smallest absolute Gasteiger partial charge is 0.394 e. The van der Waals surface area contributed by atoms with Gasteiger partial charge in [-0.3, -0.25) is 4.57 Å². The Bertz CT molecular complexity index is 805. The van der Waals surface area contributed by atoms with Crippen molar-refractivity contribution in [1.82, 2.24) is 19.5 Å². The van der Waals surface area contributed by atoms with Gasteiger partial charge in [-0.1, -0.05) is 26.2 Å². The third-order valence-corrected chi connectivity index (χ3v) is 5.07. The lowest BCUT2D eigenvalue weighted by Gasteiger charge is -2.22. The molecule has 0 aromatic carbocycles. The first-order valence-corrected chi connectivity index (χ1v) is 10.3. The van der Waals surface area contributed by atoms with Crippen LogP contribution in [0.1, 0.15) is 38.8 Å². The number of aromatic nitrogens is 4. The fraction of sp³-hybridized carbons (Fsp3) is 0.688. The predicted octanol–water partition coefficient (Wildman–Crippen LogP) is 1.30. The molecule has 3 heterocycles. The monoisotopic (exact) mass is 414 g/mol. The summed E-state index contributed by atoms with van der Waals surface area (Å²) in [5, 5.41) is 9.67. The van der Waals surface area contributed by atoms with Crippen LogP contribution in [0.15, 0.2) is 12.7 Å². The zero-order valence-electron chi connectivity index (χ0n) is 15.5. The summed E-state index contributed by atoms with van der Waals surface area (Å²) in [5.41, 5.74) is 6.68. The molecule has 4 N–H and O–H groups in total. The van der Waals surface area contributed by atoms with Crippen LogP contribution < -0.4 is 5.73 Å². The number of fused-ring (bicyclic) bond motifs is 1. The van der Waals surface area contributed by atoms with E-state index in [1.807, 2.05) is 0 Å². The lowest BCUT2D eigenvalue weighted by molar-refractivity contribution is -0.0705. The van der Waals surface area contributed by atoms with E-state index in [2.05, 4.69) is 21.9 Å². The van der Waals surface area contributed by atoms with Gasteiger partial charge >= 0.3 is 8.25 Å². The summed E-state index contributed by atoms with van der Waals surface area (Å²) in [6.07, 6.45) is 3.57. The van der Waals surface area contributed by atoms with Crippen LogP contribution in [0.3, 0.4) is 0 Å². The average molecular weight is 414 g/mol. The molecule has 0 amide bonds. The Morgan fingerprint density at radius 3 is 2.82 bits per heavy atom.